The largest absolute Gasteiger partial charge is 0.505 e. The van der Waals surface area contributed by atoms with Gasteiger partial charge in [-0.3, -0.25) is 9.79 Å². The minimum atomic E-state index is -0.369. The van der Waals surface area contributed by atoms with Crippen molar-refractivity contribution in [3.63, 3.8) is 0 Å². The Morgan fingerprint density at radius 1 is 1.23 bits per heavy atom. The number of nitrogens with zero attached hydrogens (tertiary/aromatic N) is 1. The second-order valence-corrected chi connectivity index (χ2v) is 4.96. The third-order valence-corrected chi connectivity index (χ3v) is 3.54. The van der Waals surface area contributed by atoms with Gasteiger partial charge in [0.2, 0.25) is 0 Å². The van der Waals surface area contributed by atoms with Gasteiger partial charge < -0.3 is 15.2 Å². The molecule has 1 aliphatic rings. The van der Waals surface area contributed by atoms with Crippen LogP contribution >= 0.6 is 0 Å². The molecule has 2 aromatic rings. The fourth-order valence-electron chi connectivity index (χ4n) is 2.38. The molecule has 0 saturated heterocycles. The number of phenolic OH excluding ortho intramolecular Hbond substituents is 1. The Labute approximate surface area is 127 Å². The summed E-state index contributed by atoms with van der Waals surface area (Å²) < 4.78 is 5.07. The number of ether oxygens (including phenoxy) is 1. The molecule has 0 aliphatic carbocycles. The Hall–Kier alpha value is -2.82. The van der Waals surface area contributed by atoms with Crippen molar-refractivity contribution in [2.45, 2.75) is 6.42 Å². The van der Waals surface area contributed by atoms with Crippen molar-refractivity contribution in [2.24, 2.45) is 4.99 Å². The first kappa shape index (κ1) is 14.1. The fourth-order valence-corrected chi connectivity index (χ4v) is 2.38. The third kappa shape index (κ3) is 2.65. The van der Waals surface area contributed by atoms with E-state index in [0.717, 1.165) is 11.6 Å². The molecule has 0 saturated carbocycles. The fraction of sp³-hybridized carbons (Fsp3) is 0.176. The van der Waals surface area contributed by atoms with Crippen LogP contribution in [0, 0.1) is 0 Å². The van der Waals surface area contributed by atoms with Gasteiger partial charge in [-0.05, 0) is 42.0 Å². The van der Waals surface area contributed by atoms with Crippen LogP contribution in [0.4, 0.5) is 5.69 Å². The molecule has 3 rings (SSSR count). The van der Waals surface area contributed by atoms with Gasteiger partial charge >= 0.3 is 0 Å². The Balaban J connectivity index is 1.89. The minimum Gasteiger partial charge on any atom is -0.505 e. The molecule has 1 heterocycles. The highest BCUT2D eigenvalue weighted by Crippen LogP contribution is 2.17. The molecular formula is C17H16N2O3. The summed E-state index contributed by atoms with van der Waals surface area (Å²) in [6.45, 7) is 0.629. The van der Waals surface area contributed by atoms with Gasteiger partial charge in [0.1, 0.15) is 11.1 Å². The van der Waals surface area contributed by atoms with Crippen LogP contribution in [0.2, 0.25) is 0 Å². The lowest BCUT2D eigenvalue weighted by molar-refractivity contribution is 0.102. The summed E-state index contributed by atoms with van der Waals surface area (Å²) in [6.07, 6.45) is 2.86. The minimum absolute atomic E-state index is 0.0699. The molecule has 2 N–H and O–H groups in total. The Bertz CT molecular complexity index is 826. The number of hydrogen-bond donors (Lipinski definition) is 2. The van der Waals surface area contributed by atoms with E-state index < -0.39 is 0 Å². The lowest BCUT2D eigenvalue weighted by atomic mass is 10.1. The van der Waals surface area contributed by atoms with Crippen LogP contribution in [-0.2, 0) is 0 Å². The topological polar surface area (TPSA) is 70.9 Å². The number of fused-ring (bicyclic) bond motifs is 1. The molecule has 0 bridgehead atoms. The number of rotatable bonds is 3. The van der Waals surface area contributed by atoms with Gasteiger partial charge in [0.25, 0.3) is 5.91 Å². The summed E-state index contributed by atoms with van der Waals surface area (Å²) in [5, 5.41) is 14.4. The third-order valence-electron chi connectivity index (χ3n) is 3.54. The normalized spacial score (nSPS) is 12.6. The first-order chi connectivity index (χ1) is 10.7. The van der Waals surface area contributed by atoms with Gasteiger partial charge in [0, 0.05) is 12.2 Å². The van der Waals surface area contributed by atoms with E-state index in [9.17, 15) is 9.90 Å². The zero-order valence-corrected chi connectivity index (χ0v) is 12.2. The van der Waals surface area contributed by atoms with Gasteiger partial charge in [-0.25, -0.2) is 0 Å². The molecule has 22 heavy (non-hydrogen) atoms. The van der Waals surface area contributed by atoms with Crippen LogP contribution in [0.1, 0.15) is 16.8 Å². The van der Waals surface area contributed by atoms with E-state index in [2.05, 4.69) is 10.3 Å². The van der Waals surface area contributed by atoms with E-state index in [-0.39, 0.29) is 17.2 Å². The molecule has 1 aliphatic heterocycles. The van der Waals surface area contributed by atoms with Crippen molar-refractivity contribution in [3.8, 4) is 11.5 Å². The molecule has 0 aromatic heterocycles. The van der Waals surface area contributed by atoms with Crippen molar-refractivity contribution < 1.29 is 14.6 Å². The summed E-state index contributed by atoms with van der Waals surface area (Å²) in [4.78, 5) is 16.6. The van der Waals surface area contributed by atoms with Crippen LogP contribution in [0.15, 0.2) is 41.4 Å². The van der Waals surface area contributed by atoms with E-state index in [4.69, 9.17) is 4.74 Å². The summed E-state index contributed by atoms with van der Waals surface area (Å²) >= 11 is 0. The number of benzene rings is 2. The van der Waals surface area contributed by atoms with Crippen molar-refractivity contribution >= 4 is 17.7 Å². The number of anilines is 1. The second-order valence-electron chi connectivity index (χ2n) is 4.96. The quantitative estimate of drug-likeness (QED) is 0.900. The Morgan fingerprint density at radius 3 is 2.73 bits per heavy atom. The smallest absolute Gasteiger partial charge is 0.259 e. The predicted octanol–water partition coefficient (Wildman–Crippen LogP) is 1.46. The Kier molecular flexibility index (Phi) is 3.78. The average Bonchev–Trinajstić information content (AvgIpc) is 2.56. The highest BCUT2D eigenvalue weighted by molar-refractivity contribution is 6.06. The van der Waals surface area contributed by atoms with E-state index in [1.807, 2.05) is 6.08 Å². The number of amides is 1. The van der Waals surface area contributed by atoms with Gasteiger partial charge in [-0.2, -0.15) is 0 Å². The van der Waals surface area contributed by atoms with Crippen LogP contribution < -0.4 is 20.6 Å². The van der Waals surface area contributed by atoms with Crippen molar-refractivity contribution in [1.29, 1.82) is 0 Å². The van der Waals surface area contributed by atoms with Crippen LogP contribution in [-0.4, -0.2) is 24.7 Å². The number of carbonyl (C=O) groups is 1. The molecule has 0 atom stereocenters. The first-order valence-electron chi connectivity index (χ1n) is 7.01. The predicted molar refractivity (Wildman–Crippen MR) is 83.8 cm³/mol. The number of carbonyl (C=O) groups excluding carboxylic acids is 1. The lowest BCUT2D eigenvalue weighted by Gasteiger charge is -2.09. The van der Waals surface area contributed by atoms with Gasteiger partial charge in [-0.15, -0.1) is 0 Å². The number of nitrogens with one attached hydrogen (secondary N) is 1. The standard InChI is InChI=1S/C17H16N2O3/c1-22-13-7-5-12(6-8-13)19-17(21)14-9-4-11-3-2-10-18-15(11)16(14)20/h3-9,20H,2,10H2,1H3,(H,19,21). The highest BCUT2D eigenvalue weighted by atomic mass is 16.5. The molecule has 0 radical (unpaired) electrons. The van der Waals surface area contributed by atoms with Crippen molar-refractivity contribution in [2.75, 3.05) is 19.0 Å². The van der Waals surface area contributed by atoms with Gasteiger partial charge in [0.15, 0.2) is 5.75 Å². The summed E-state index contributed by atoms with van der Waals surface area (Å²) in [6, 6.07) is 10.4. The number of methoxy groups -OCH3 is 1. The van der Waals surface area contributed by atoms with E-state index >= 15 is 0 Å². The monoisotopic (exact) mass is 296 g/mol. The zero-order valence-electron chi connectivity index (χ0n) is 12.2. The van der Waals surface area contributed by atoms with E-state index in [0.29, 0.717) is 23.3 Å². The second kappa shape index (κ2) is 5.89. The molecule has 0 spiro atoms. The first-order valence-corrected chi connectivity index (χ1v) is 7.01. The maximum atomic E-state index is 12.3. The van der Waals surface area contributed by atoms with Crippen LogP contribution in [0.3, 0.4) is 0 Å². The Morgan fingerprint density at radius 2 is 2.00 bits per heavy atom. The number of hydrogen-bond acceptors (Lipinski definition) is 4. The molecule has 0 unspecified atom stereocenters. The molecular weight excluding hydrogens is 280 g/mol. The molecule has 0 fully saturated rings. The average molecular weight is 296 g/mol. The van der Waals surface area contributed by atoms with E-state index in [1.165, 1.54) is 0 Å². The maximum Gasteiger partial charge on any atom is 0.259 e. The number of aromatic hydroxyl groups is 1. The van der Waals surface area contributed by atoms with Gasteiger partial charge in [0.05, 0.1) is 12.7 Å². The summed E-state index contributed by atoms with van der Waals surface area (Å²) in [7, 11) is 1.58. The SMILES string of the molecule is COc1ccc(NC(=O)c2ccc3c(c2O)=NCCC=3)cc1. The molecule has 1 amide bonds. The van der Waals surface area contributed by atoms with Crippen LogP contribution in [0.25, 0.3) is 6.08 Å². The highest BCUT2D eigenvalue weighted by Gasteiger charge is 2.14. The van der Waals surface area contributed by atoms with Crippen molar-refractivity contribution in [3.05, 3.63) is 52.5 Å². The summed E-state index contributed by atoms with van der Waals surface area (Å²) in [5.41, 5.74) is 0.847. The van der Waals surface area contributed by atoms with Crippen LogP contribution in [0.5, 0.6) is 11.5 Å². The molecule has 5 nitrogen and oxygen atoms in total. The van der Waals surface area contributed by atoms with Crippen molar-refractivity contribution in [1.82, 2.24) is 0 Å². The molecule has 2 aromatic carbocycles. The zero-order chi connectivity index (χ0) is 15.5. The van der Waals surface area contributed by atoms with E-state index in [1.54, 1.807) is 43.5 Å². The summed E-state index contributed by atoms with van der Waals surface area (Å²) in [5.74, 6) is 0.273. The maximum absolute atomic E-state index is 12.3. The molecule has 112 valence electrons. The lowest BCUT2D eigenvalue weighted by Crippen LogP contribution is -2.30. The molecule has 5 heteroatoms. The van der Waals surface area contributed by atoms with Gasteiger partial charge in [-0.1, -0.05) is 12.1 Å². The number of phenols is 1.